The molecule has 0 saturated carbocycles. The number of amides is 3. The van der Waals surface area contributed by atoms with E-state index < -0.39 is 17.7 Å². The average molecular weight is 478 g/mol. The highest BCUT2D eigenvalue weighted by molar-refractivity contribution is 6.42. The van der Waals surface area contributed by atoms with E-state index in [4.69, 9.17) is 34.8 Å². The molecule has 0 aromatic heterocycles. The predicted octanol–water partition coefficient (Wildman–Crippen LogP) is 5.55. The fourth-order valence-electron chi connectivity index (χ4n) is 4.08. The van der Waals surface area contributed by atoms with Crippen LogP contribution >= 0.6 is 34.8 Å². The van der Waals surface area contributed by atoms with E-state index in [1.54, 1.807) is 42.5 Å². The fourth-order valence-corrected chi connectivity index (χ4v) is 4.61. The Morgan fingerprint density at radius 3 is 2.42 bits per heavy atom. The van der Waals surface area contributed by atoms with Crippen LogP contribution in [0.3, 0.4) is 0 Å². The van der Waals surface area contributed by atoms with Gasteiger partial charge in [-0.3, -0.25) is 14.4 Å². The molecule has 5 nitrogen and oxygen atoms in total. The molecule has 0 bridgehead atoms. The van der Waals surface area contributed by atoms with E-state index in [2.05, 4.69) is 0 Å². The summed E-state index contributed by atoms with van der Waals surface area (Å²) in [4.78, 5) is 40.0. The largest absolute Gasteiger partial charge is 0.274 e. The number of fused-ring (bicyclic) bond motifs is 1. The van der Waals surface area contributed by atoms with E-state index in [-0.39, 0.29) is 28.9 Å². The lowest BCUT2D eigenvalue weighted by Crippen LogP contribution is -2.49. The second-order valence-electron chi connectivity index (χ2n) is 7.78. The number of hydrogen-bond donors (Lipinski definition) is 0. The first-order chi connectivity index (χ1) is 14.8. The number of halogens is 3. The van der Waals surface area contributed by atoms with Crippen LogP contribution in [0.25, 0.3) is 0 Å². The van der Waals surface area contributed by atoms with E-state index in [1.165, 1.54) is 5.01 Å². The molecule has 1 saturated heterocycles. The lowest BCUT2D eigenvalue weighted by atomic mass is 9.82. The number of carbonyl (C=O) groups is 3. The molecule has 0 N–H and O–H groups in total. The van der Waals surface area contributed by atoms with Crippen LogP contribution in [0.1, 0.15) is 35.7 Å². The summed E-state index contributed by atoms with van der Waals surface area (Å²) in [5.74, 6) is -2.22. The Morgan fingerprint density at radius 1 is 1.00 bits per heavy atom. The van der Waals surface area contributed by atoms with Crippen LogP contribution in [0.15, 0.2) is 54.1 Å². The number of nitrogens with zero attached hydrogens (tertiary/aromatic N) is 2. The van der Waals surface area contributed by atoms with Crippen LogP contribution in [-0.4, -0.2) is 27.7 Å². The molecule has 2 atom stereocenters. The second kappa shape index (κ2) is 8.65. The normalized spacial score (nSPS) is 20.5. The van der Waals surface area contributed by atoms with Gasteiger partial charge in [-0.25, -0.2) is 5.01 Å². The molecule has 8 heteroatoms. The number of hydrazine groups is 1. The van der Waals surface area contributed by atoms with Gasteiger partial charge >= 0.3 is 0 Å². The van der Waals surface area contributed by atoms with Gasteiger partial charge in [0, 0.05) is 0 Å². The maximum Gasteiger partial charge on any atom is 0.274 e. The first kappa shape index (κ1) is 21.9. The summed E-state index contributed by atoms with van der Waals surface area (Å²) in [6.07, 6.45) is 2.97. The van der Waals surface area contributed by atoms with E-state index in [0.29, 0.717) is 28.5 Å². The molecule has 3 amide bonds. The Balaban J connectivity index is 1.74. The van der Waals surface area contributed by atoms with Crippen LogP contribution in [0.4, 0.5) is 0 Å². The van der Waals surface area contributed by atoms with Crippen molar-refractivity contribution >= 4 is 52.5 Å². The maximum atomic E-state index is 13.5. The zero-order valence-corrected chi connectivity index (χ0v) is 18.9. The van der Waals surface area contributed by atoms with Gasteiger partial charge in [0.05, 0.1) is 39.0 Å². The molecule has 160 valence electrons. The highest BCUT2D eigenvalue weighted by Gasteiger charge is 2.51. The Hall–Kier alpha value is -2.34. The van der Waals surface area contributed by atoms with Gasteiger partial charge in [0.25, 0.3) is 17.7 Å². The maximum absolute atomic E-state index is 13.5. The van der Waals surface area contributed by atoms with Gasteiger partial charge in [-0.1, -0.05) is 64.7 Å². The van der Waals surface area contributed by atoms with E-state index in [1.807, 2.05) is 13.0 Å². The Kier molecular flexibility index (Phi) is 6.11. The van der Waals surface area contributed by atoms with Crippen LogP contribution in [-0.2, 0) is 16.1 Å². The van der Waals surface area contributed by atoms with E-state index in [0.717, 1.165) is 10.6 Å². The average Bonchev–Trinajstić information content (AvgIpc) is 2.98. The molecular formula is C23H19Cl3N2O3. The van der Waals surface area contributed by atoms with Crippen LogP contribution in [0.2, 0.25) is 15.1 Å². The number of rotatable bonds is 4. The van der Waals surface area contributed by atoms with Crippen molar-refractivity contribution in [2.75, 3.05) is 0 Å². The van der Waals surface area contributed by atoms with Gasteiger partial charge in [-0.05, 0) is 49.6 Å². The minimum atomic E-state index is -0.540. The summed E-state index contributed by atoms with van der Waals surface area (Å²) in [5, 5.41) is 3.09. The van der Waals surface area contributed by atoms with Crippen molar-refractivity contribution in [3.05, 3.63) is 80.3 Å². The van der Waals surface area contributed by atoms with Crippen molar-refractivity contribution in [1.29, 1.82) is 0 Å². The van der Waals surface area contributed by atoms with Crippen molar-refractivity contribution in [3.63, 3.8) is 0 Å². The Bertz CT molecular complexity index is 1110. The number of allylic oxidation sites excluding steroid dienone is 2. The summed E-state index contributed by atoms with van der Waals surface area (Å²) >= 11 is 18.4. The molecule has 2 aliphatic rings. The summed E-state index contributed by atoms with van der Waals surface area (Å²) in [7, 11) is 0. The predicted molar refractivity (Wildman–Crippen MR) is 120 cm³/mol. The molecule has 1 aliphatic heterocycles. The van der Waals surface area contributed by atoms with Crippen LogP contribution < -0.4 is 0 Å². The SMILES string of the molecule is CC1=CC[C@H]2C(=O)N(N(Cc3ccc(Cl)c(Cl)c3)C(=O)c3ccccc3Cl)C(=O)[C@@H]2C1. The molecule has 4 rings (SSSR count). The molecule has 1 heterocycles. The third kappa shape index (κ3) is 4.10. The Labute approximate surface area is 195 Å². The molecule has 1 fully saturated rings. The van der Waals surface area contributed by atoms with Gasteiger partial charge in [0.2, 0.25) is 0 Å². The van der Waals surface area contributed by atoms with Gasteiger partial charge in [0.1, 0.15) is 0 Å². The van der Waals surface area contributed by atoms with E-state index in [9.17, 15) is 14.4 Å². The molecule has 31 heavy (non-hydrogen) atoms. The number of hydrogen-bond acceptors (Lipinski definition) is 3. The summed E-state index contributed by atoms with van der Waals surface area (Å²) in [6.45, 7) is 1.91. The zero-order chi connectivity index (χ0) is 22.3. The van der Waals surface area contributed by atoms with Gasteiger partial charge < -0.3 is 0 Å². The third-order valence-electron chi connectivity index (χ3n) is 5.70. The van der Waals surface area contributed by atoms with E-state index >= 15 is 0 Å². The minimum absolute atomic E-state index is 0.0374. The van der Waals surface area contributed by atoms with Gasteiger partial charge in [-0.2, -0.15) is 5.01 Å². The van der Waals surface area contributed by atoms with Gasteiger partial charge in [0.15, 0.2) is 0 Å². The topological polar surface area (TPSA) is 57.7 Å². The second-order valence-corrected chi connectivity index (χ2v) is 9.00. The Morgan fingerprint density at radius 2 is 1.71 bits per heavy atom. The molecular weight excluding hydrogens is 459 g/mol. The summed E-state index contributed by atoms with van der Waals surface area (Å²) in [6, 6.07) is 11.5. The lowest BCUT2D eigenvalue weighted by Gasteiger charge is -2.31. The van der Waals surface area contributed by atoms with Crippen molar-refractivity contribution in [2.45, 2.75) is 26.3 Å². The molecule has 2 aromatic rings. The molecule has 2 aromatic carbocycles. The standard InChI is InChI=1S/C23H19Cl3N2O3/c1-13-6-8-15-17(10-13)23(31)28(22(15)30)27(12-14-7-9-19(25)20(26)11-14)21(29)16-4-2-3-5-18(16)24/h2-7,9,11,15,17H,8,10,12H2,1H3/t15-,17-/m1/s1. The highest BCUT2D eigenvalue weighted by atomic mass is 35.5. The number of benzene rings is 2. The molecule has 1 aliphatic carbocycles. The van der Waals surface area contributed by atoms with Crippen molar-refractivity contribution < 1.29 is 14.4 Å². The molecule has 0 unspecified atom stereocenters. The number of carbonyl (C=O) groups excluding carboxylic acids is 3. The molecule has 0 spiro atoms. The first-order valence-corrected chi connectivity index (χ1v) is 10.9. The highest BCUT2D eigenvalue weighted by Crippen LogP contribution is 2.39. The minimum Gasteiger partial charge on any atom is -0.272 e. The van der Waals surface area contributed by atoms with Crippen molar-refractivity contribution in [3.8, 4) is 0 Å². The van der Waals surface area contributed by atoms with Crippen molar-refractivity contribution in [2.24, 2.45) is 11.8 Å². The monoisotopic (exact) mass is 476 g/mol. The summed E-state index contributed by atoms with van der Waals surface area (Å²) in [5.41, 5.74) is 1.89. The smallest absolute Gasteiger partial charge is 0.272 e. The van der Waals surface area contributed by atoms with Crippen LogP contribution in [0, 0.1) is 11.8 Å². The lowest BCUT2D eigenvalue weighted by molar-refractivity contribution is -0.155. The van der Waals surface area contributed by atoms with Gasteiger partial charge in [-0.15, -0.1) is 0 Å². The van der Waals surface area contributed by atoms with Crippen molar-refractivity contribution in [1.82, 2.24) is 10.0 Å². The zero-order valence-electron chi connectivity index (χ0n) is 16.6. The number of imide groups is 1. The van der Waals surface area contributed by atoms with Crippen LogP contribution in [0.5, 0.6) is 0 Å². The summed E-state index contributed by atoms with van der Waals surface area (Å²) < 4.78 is 0. The third-order valence-corrected chi connectivity index (χ3v) is 6.76. The quantitative estimate of drug-likeness (QED) is 0.429. The first-order valence-electron chi connectivity index (χ1n) is 9.81. The fraction of sp³-hybridized carbons (Fsp3) is 0.261. The molecule has 0 radical (unpaired) electrons.